The lowest BCUT2D eigenvalue weighted by Crippen LogP contribution is -2.13. The number of ether oxygens (including phenoxy) is 3. The molecule has 0 saturated heterocycles. The first kappa shape index (κ1) is 62.9. The Morgan fingerprint density at radius 3 is 1.11 bits per heavy atom. The SMILES string of the molecule is CCCCC/C=C\C/C=C\CCCCCCCCOC(=O)CCCCCC(CCCCCCCCC(=O)OCC(CC)CCCC)CCCCCCCCC(=O)OCC(CC)CCCC. The van der Waals surface area contributed by atoms with Crippen LogP contribution in [-0.2, 0) is 28.6 Å². The van der Waals surface area contributed by atoms with Crippen molar-refractivity contribution in [1.82, 2.24) is 0 Å². The largest absolute Gasteiger partial charge is 0.466 e. The number of unbranched alkanes of at least 4 members (excludes halogenated alkanes) is 23. The van der Waals surface area contributed by atoms with Gasteiger partial charge in [-0.3, -0.25) is 14.4 Å². The Balaban J connectivity index is 4.30. The summed E-state index contributed by atoms with van der Waals surface area (Å²) >= 11 is 0. The summed E-state index contributed by atoms with van der Waals surface area (Å²) in [6, 6.07) is 0. The molecule has 2 atom stereocenters. The van der Waals surface area contributed by atoms with Gasteiger partial charge in [-0.25, -0.2) is 0 Å². The maximum Gasteiger partial charge on any atom is 0.305 e. The second-order valence-electron chi connectivity index (χ2n) is 19.8. The number of esters is 3. The third kappa shape index (κ3) is 46.8. The van der Waals surface area contributed by atoms with Crippen LogP contribution >= 0.6 is 0 Å². The van der Waals surface area contributed by atoms with Crippen LogP contribution in [0.15, 0.2) is 24.3 Å². The summed E-state index contributed by atoms with van der Waals surface area (Å²) in [5.74, 6) is 1.75. The van der Waals surface area contributed by atoms with Gasteiger partial charge in [-0.2, -0.15) is 0 Å². The van der Waals surface area contributed by atoms with Gasteiger partial charge in [0.1, 0.15) is 0 Å². The van der Waals surface area contributed by atoms with Crippen molar-refractivity contribution in [2.45, 2.75) is 298 Å². The molecule has 0 aromatic rings. The molecule has 2 unspecified atom stereocenters. The predicted molar refractivity (Wildman–Crippen MR) is 279 cm³/mol. The molecule has 0 aliphatic carbocycles. The van der Waals surface area contributed by atoms with Crippen molar-refractivity contribution in [1.29, 1.82) is 0 Å². The summed E-state index contributed by atoms with van der Waals surface area (Å²) < 4.78 is 16.8. The van der Waals surface area contributed by atoms with Gasteiger partial charge in [-0.15, -0.1) is 0 Å². The third-order valence-corrected chi connectivity index (χ3v) is 13.6. The van der Waals surface area contributed by atoms with E-state index in [0.717, 1.165) is 89.4 Å². The fourth-order valence-corrected chi connectivity index (χ4v) is 8.84. The zero-order valence-corrected chi connectivity index (χ0v) is 44.1. The lowest BCUT2D eigenvalue weighted by atomic mass is 9.89. The van der Waals surface area contributed by atoms with Crippen LogP contribution in [0.25, 0.3) is 0 Å². The van der Waals surface area contributed by atoms with Gasteiger partial charge < -0.3 is 14.2 Å². The van der Waals surface area contributed by atoms with Crippen molar-refractivity contribution in [3.05, 3.63) is 24.3 Å². The first-order chi connectivity index (χ1) is 31.9. The average Bonchev–Trinajstić information content (AvgIpc) is 3.31. The highest BCUT2D eigenvalue weighted by Crippen LogP contribution is 2.25. The van der Waals surface area contributed by atoms with Gasteiger partial charge in [0.25, 0.3) is 0 Å². The number of rotatable bonds is 51. The molecule has 0 aliphatic heterocycles. The van der Waals surface area contributed by atoms with Gasteiger partial charge in [0.2, 0.25) is 0 Å². The smallest absolute Gasteiger partial charge is 0.305 e. The number of hydrogen-bond donors (Lipinski definition) is 0. The summed E-state index contributed by atoms with van der Waals surface area (Å²) in [6.45, 7) is 12.8. The second kappa shape index (κ2) is 51.3. The molecule has 0 rings (SSSR count). The minimum absolute atomic E-state index is 0.0132. The first-order valence-electron chi connectivity index (χ1n) is 28.7. The molecule has 0 aliphatic rings. The highest BCUT2D eigenvalue weighted by atomic mass is 16.5. The third-order valence-electron chi connectivity index (χ3n) is 13.6. The standard InChI is InChI=1S/C59H110O6/c1-6-11-14-15-16-17-18-19-20-21-22-23-24-29-34-42-51-63-57(60)48-41-35-38-47-56(45-36-30-25-27-32-39-49-58(61)64-52-54(9-4)43-12-7-2)46-37-31-26-28-33-40-50-59(62)65-53-55(10-5)44-13-8-3/h16-17,19-20,54-56H,6-15,18,21-53H2,1-5H3/b17-16-,20-19-. The number of carbonyl (C=O) groups excluding carboxylic acids is 3. The monoisotopic (exact) mass is 915 g/mol. The number of carbonyl (C=O) groups is 3. The Bertz CT molecular complexity index is 1030. The van der Waals surface area contributed by atoms with E-state index in [2.05, 4.69) is 58.9 Å². The van der Waals surface area contributed by atoms with Crippen molar-refractivity contribution in [2.75, 3.05) is 19.8 Å². The van der Waals surface area contributed by atoms with E-state index >= 15 is 0 Å². The van der Waals surface area contributed by atoms with Crippen LogP contribution in [0.3, 0.4) is 0 Å². The Morgan fingerprint density at radius 2 is 0.677 bits per heavy atom. The zero-order valence-electron chi connectivity index (χ0n) is 44.1. The molecule has 6 nitrogen and oxygen atoms in total. The van der Waals surface area contributed by atoms with Crippen molar-refractivity contribution in [3.63, 3.8) is 0 Å². The van der Waals surface area contributed by atoms with Crippen LogP contribution in [0.5, 0.6) is 0 Å². The molecule has 382 valence electrons. The molecule has 0 fully saturated rings. The van der Waals surface area contributed by atoms with Crippen LogP contribution in [0.2, 0.25) is 0 Å². The quantitative estimate of drug-likeness (QED) is 0.0262. The van der Waals surface area contributed by atoms with Crippen LogP contribution in [-0.4, -0.2) is 37.7 Å². The number of hydrogen-bond acceptors (Lipinski definition) is 6. The summed E-state index contributed by atoms with van der Waals surface area (Å²) in [6.07, 6.45) is 56.2. The zero-order chi connectivity index (χ0) is 47.5. The molecule has 0 aromatic carbocycles. The second-order valence-corrected chi connectivity index (χ2v) is 19.8. The molecule has 0 radical (unpaired) electrons. The van der Waals surface area contributed by atoms with E-state index in [0.29, 0.717) is 50.9 Å². The fourth-order valence-electron chi connectivity index (χ4n) is 8.84. The lowest BCUT2D eigenvalue weighted by molar-refractivity contribution is -0.146. The molecule has 65 heavy (non-hydrogen) atoms. The van der Waals surface area contributed by atoms with Gasteiger partial charge >= 0.3 is 17.9 Å². The molecule has 0 spiro atoms. The van der Waals surface area contributed by atoms with Gasteiger partial charge in [0.15, 0.2) is 0 Å². The average molecular weight is 916 g/mol. The minimum Gasteiger partial charge on any atom is -0.466 e. The summed E-state index contributed by atoms with van der Waals surface area (Å²) in [5, 5.41) is 0. The Hall–Kier alpha value is -2.11. The molecule has 0 N–H and O–H groups in total. The van der Waals surface area contributed by atoms with E-state index in [4.69, 9.17) is 14.2 Å². The maximum atomic E-state index is 12.4. The van der Waals surface area contributed by atoms with Crippen LogP contribution in [0.4, 0.5) is 0 Å². The van der Waals surface area contributed by atoms with E-state index < -0.39 is 0 Å². The molecule has 0 heterocycles. The molecular formula is C59H110O6. The maximum absolute atomic E-state index is 12.4. The molecule has 0 bridgehead atoms. The highest BCUT2D eigenvalue weighted by Gasteiger charge is 2.13. The molecule has 0 aromatic heterocycles. The summed E-state index contributed by atoms with van der Waals surface area (Å²) in [5.41, 5.74) is 0. The molecular weight excluding hydrogens is 805 g/mol. The van der Waals surface area contributed by atoms with Crippen LogP contribution in [0, 0.1) is 17.8 Å². The Labute approximate surface area is 404 Å². The summed E-state index contributed by atoms with van der Waals surface area (Å²) in [4.78, 5) is 36.9. The van der Waals surface area contributed by atoms with Gasteiger partial charge in [-0.05, 0) is 88.4 Å². The Kier molecular flexibility index (Phi) is 49.6. The fraction of sp³-hybridized carbons (Fsp3) is 0.881. The normalized spacial score (nSPS) is 13.1. The van der Waals surface area contributed by atoms with Gasteiger partial charge in [0, 0.05) is 19.3 Å². The van der Waals surface area contributed by atoms with Crippen molar-refractivity contribution >= 4 is 17.9 Å². The van der Waals surface area contributed by atoms with Crippen molar-refractivity contribution < 1.29 is 28.6 Å². The van der Waals surface area contributed by atoms with E-state index in [-0.39, 0.29) is 17.9 Å². The lowest BCUT2D eigenvalue weighted by Gasteiger charge is -2.17. The van der Waals surface area contributed by atoms with E-state index in [1.165, 1.54) is 161 Å². The van der Waals surface area contributed by atoms with Gasteiger partial charge in [0.05, 0.1) is 19.8 Å². The molecule has 0 amide bonds. The highest BCUT2D eigenvalue weighted by molar-refractivity contribution is 5.69. The Morgan fingerprint density at radius 1 is 0.338 bits per heavy atom. The van der Waals surface area contributed by atoms with Crippen molar-refractivity contribution in [3.8, 4) is 0 Å². The van der Waals surface area contributed by atoms with E-state index in [1.807, 2.05) is 0 Å². The minimum atomic E-state index is -0.0157. The van der Waals surface area contributed by atoms with Gasteiger partial charge in [-0.1, -0.05) is 232 Å². The van der Waals surface area contributed by atoms with E-state index in [1.54, 1.807) is 0 Å². The first-order valence-corrected chi connectivity index (χ1v) is 28.7. The molecule has 6 heteroatoms. The van der Waals surface area contributed by atoms with Crippen LogP contribution < -0.4 is 0 Å². The molecule has 0 saturated carbocycles. The van der Waals surface area contributed by atoms with E-state index in [9.17, 15) is 14.4 Å². The topological polar surface area (TPSA) is 78.9 Å². The van der Waals surface area contributed by atoms with Crippen LogP contribution in [0.1, 0.15) is 298 Å². The number of allylic oxidation sites excluding steroid dienone is 4. The summed E-state index contributed by atoms with van der Waals surface area (Å²) in [7, 11) is 0. The predicted octanol–water partition coefficient (Wildman–Crippen LogP) is 18.7. The van der Waals surface area contributed by atoms with Crippen molar-refractivity contribution in [2.24, 2.45) is 17.8 Å².